The Kier molecular flexibility index (Phi) is 4.50. The maximum Gasteiger partial charge on any atom is 0.323 e. The summed E-state index contributed by atoms with van der Waals surface area (Å²) in [6.07, 6.45) is 2.46. The summed E-state index contributed by atoms with van der Waals surface area (Å²) in [5.41, 5.74) is 2.38. The molecule has 1 saturated heterocycles. The summed E-state index contributed by atoms with van der Waals surface area (Å²) in [6.45, 7) is 4.52. The minimum atomic E-state index is -0.200. The highest BCUT2D eigenvalue weighted by atomic mass is 16.5. The molecule has 1 aromatic heterocycles. The Balaban J connectivity index is 1.67. The largest absolute Gasteiger partial charge is 0.371 e. The van der Waals surface area contributed by atoms with Crippen molar-refractivity contribution in [2.75, 3.05) is 30.4 Å². The molecule has 1 N–H and O–H groups in total. The molecular weight excluding hydrogens is 292 g/mol. The molecule has 0 unspecified atom stereocenters. The lowest BCUT2D eigenvalue weighted by molar-refractivity contribution is 0.220. The van der Waals surface area contributed by atoms with Crippen LogP contribution in [0.15, 0.2) is 34.9 Å². The smallest absolute Gasteiger partial charge is 0.323 e. The number of benzene rings is 1. The van der Waals surface area contributed by atoms with Crippen molar-refractivity contribution in [3.63, 3.8) is 0 Å². The minimum absolute atomic E-state index is 0.200. The van der Waals surface area contributed by atoms with Crippen LogP contribution in [-0.4, -0.2) is 36.2 Å². The van der Waals surface area contributed by atoms with Crippen LogP contribution in [0.3, 0.4) is 0 Å². The predicted octanol–water partition coefficient (Wildman–Crippen LogP) is 3.25. The summed E-state index contributed by atoms with van der Waals surface area (Å²) in [7, 11) is 1.78. The van der Waals surface area contributed by atoms with Gasteiger partial charge in [0.25, 0.3) is 0 Å². The van der Waals surface area contributed by atoms with Crippen LogP contribution in [0.5, 0.6) is 0 Å². The average Bonchev–Trinajstić information content (AvgIpc) is 3.19. The summed E-state index contributed by atoms with van der Waals surface area (Å²) in [5, 5.41) is 6.52. The number of nitrogens with one attached hydrogen (secondary N) is 1. The minimum Gasteiger partial charge on any atom is -0.371 e. The second-order valence-electron chi connectivity index (χ2n) is 5.93. The van der Waals surface area contributed by atoms with Gasteiger partial charge in [-0.05, 0) is 31.4 Å². The first kappa shape index (κ1) is 15.4. The fourth-order valence-electron chi connectivity index (χ4n) is 2.87. The van der Waals surface area contributed by atoms with E-state index >= 15 is 0 Å². The summed E-state index contributed by atoms with van der Waals surface area (Å²) < 4.78 is 4.96. The van der Waals surface area contributed by atoms with E-state index in [1.165, 1.54) is 18.5 Å². The summed E-state index contributed by atoms with van der Waals surface area (Å²) in [4.78, 5) is 16.3. The van der Waals surface area contributed by atoms with Gasteiger partial charge >= 0.3 is 6.03 Å². The van der Waals surface area contributed by atoms with Crippen molar-refractivity contribution in [3.8, 4) is 0 Å². The van der Waals surface area contributed by atoms with Crippen LogP contribution >= 0.6 is 0 Å². The Morgan fingerprint density at radius 1 is 1.35 bits per heavy atom. The molecule has 0 spiro atoms. The fourth-order valence-corrected chi connectivity index (χ4v) is 2.87. The van der Waals surface area contributed by atoms with Gasteiger partial charge in [-0.15, -0.1) is 0 Å². The van der Waals surface area contributed by atoms with Crippen molar-refractivity contribution in [1.82, 2.24) is 10.1 Å². The van der Waals surface area contributed by atoms with Crippen LogP contribution in [-0.2, 0) is 6.54 Å². The number of anilines is 2. The Hall–Kier alpha value is -2.50. The molecular formula is C17H22N4O2. The van der Waals surface area contributed by atoms with Gasteiger partial charge in [-0.3, -0.25) is 5.32 Å². The lowest BCUT2D eigenvalue weighted by atomic mass is 10.1. The number of carbonyl (C=O) groups excluding carboxylic acids is 1. The van der Waals surface area contributed by atoms with Crippen LogP contribution < -0.4 is 10.2 Å². The number of amides is 2. The molecule has 3 rings (SSSR count). The molecule has 2 amide bonds. The molecule has 1 aliphatic heterocycles. The molecule has 6 nitrogen and oxygen atoms in total. The quantitative estimate of drug-likeness (QED) is 0.941. The van der Waals surface area contributed by atoms with E-state index in [2.05, 4.69) is 33.6 Å². The first-order valence-corrected chi connectivity index (χ1v) is 7.92. The number of aromatic nitrogens is 1. The third kappa shape index (κ3) is 3.64. The van der Waals surface area contributed by atoms with E-state index in [1.54, 1.807) is 24.9 Å². The van der Waals surface area contributed by atoms with E-state index in [1.807, 2.05) is 6.07 Å². The number of hydrogen-bond donors (Lipinski definition) is 1. The lowest BCUT2D eigenvalue weighted by Gasteiger charge is -2.24. The zero-order chi connectivity index (χ0) is 16.2. The van der Waals surface area contributed by atoms with Crippen LogP contribution in [0.1, 0.15) is 24.2 Å². The number of para-hydroxylation sites is 1. The number of rotatable bonds is 4. The maximum absolute atomic E-state index is 12.3. The molecule has 6 heteroatoms. The zero-order valence-corrected chi connectivity index (χ0v) is 13.6. The third-order valence-corrected chi connectivity index (χ3v) is 4.06. The highest BCUT2D eigenvalue weighted by molar-refractivity contribution is 5.88. The standard InChI is InChI=1S/C17H22N4O2/c1-13-11-16(19-23-13)18-17(22)20(2)12-14-7-3-4-8-15(14)21-9-5-6-10-21/h3-4,7-8,11H,5-6,9-10,12H2,1-2H3,(H,18,19,22). The van der Waals surface area contributed by atoms with Crippen LogP contribution in [0.2, 0.25) is 0 Å². The molecule has 0 atom stereocenters. The van der Waals surface area contributed by atoms with E-state index in [9.17, 15) is 4.79 Å². The van der Waals surface area contributed by atoms with Gasteiger partial charge < -0.3 is 14.3 Å². The van der Waals surface area contributed by atoms with Crippen LogP contribution in [0.4, 0.5) is 16.3 Å². The maximum atomic E-state index is 12.3. The fraction of sp³-hybridized carbons (Fsp3) is 0.412. The van der Waals surface area contributed by atoms with Crippen LogP contribution in [0.25, 0.3) is 0 Å². The Morgan fingerprint density at radius 2 is 2.09 bits per heavy atom. The van der Waals surface area contributed by atoms with Crippen molar-refractivity contribution < 1.29 is 9.32 Å². The molecule has 0 aliphatic carbocycles. The Bertz CT molecular complexity index is 677. The number of aryl methyl sites for hydroxylation is 1. The number of hydrogen-bond acceptors (Lipinski definition) is 4. The molecule has 1 aliphatic rings. The number of carbonyl (C=O) groups is 1. The van der Waals surface area contributed by atoms with Gasteiger partial charge in [0.1, 0.15) is 5.76 Å². The first-order valence-electron chi connectivity index (χ1n) is 7.92. The second kappa shape index (κ2) is 6.73. The summed E-state index contributed by atoms with van der Waals surface area (Å²) in [5.74, 6) is 1.11. The topological polar surface area (TPSA) is 61.6 Å². The monoisotopic (exact) mass is 314 g/mol. The normalized spacial score (nSPS) is 14.1. The predicted molar refractivity (Wildman–Crippen MR) is 89.6 cm³/mol. The van der Waals surface area contributed by atoms with Gasteiger partial charge in [-0.1, -0.05) is 23.4 Å². The van der Waals surface area contributed by atoms with Crippen molar-refractivity contribution in [2.45, 2.75) is 26.3 Å². The van der Waals surface area contributed by atoms with Crippen molar-refractivity contribution >= 4 is 17.5 Å². The highest BCUT2D eigenvalue weighted by Crippen LogP contribution is 2.25. The Morgan fingerprint density at radius 3 is 2.78 bits per heavy atom. The van der Waals surface area contributed by atoms with Crippen LogP contribution in [0, 0.1) is 6.92 Å². The van der Waals surface area contributed by atoms with Gasteiger partial charge in [-0.25, -0.2) is 4.79 Å². The van der Waals surface area contributed by atoms with E-state index in [0.29, 0.717) is 18.1 Å². The average molecular weight is 314 g/mol. The molecule has 1 fully saturated rings. The van der Waals surface area contributed by atoms with Gasteiger partial charge in [0.2, 0.25) is 0 Å². The van der Waals surface area contributed by atoms with Gasteiger partial charge in [0.05, 0.1) is 0 Å². The van der Waals surface area contributed by atoms with E-state index in [0.717, 1.165) is 18.7 Å². The molecule has 0 radical (unpaired) electrons. The molecule has 2 aromatic rings. The molecule has 122 valence electrons. The van der Waals surface area contributed by atoms with E-state index in [4.69, 9.17) is 4.52 Å². The molecule has 23 heavy (non-hydrogen) atoms. The zero-order valence-electron chi connectivity index (χ0n) is 13.6. The summed E-state index contributed by atoms with van der Waals surface area (Å²) in [6, 6.07) is 9.78. The third-order valence-electron chi connectivity index (χ3n) is 4.06. The SMILES string of the molecule is Cc1cc(NC(=O)N(C)Cc2ccccc2N2CCCC2)no1. The van der Waals surface area contributed by atoms with Gasteiger partial charge in [0, 0.05) is 38.4 Å². The van der Waals surface area contributed by atoms with Crippen molar-refractivity contribution in [1.29, 1.82) is 0 Å². The van der Waals surface area contributed by atoms with E-state index < -0.39 is 0 Å². The molecule has 2 heterocycles. The number of urea groups is 1. The lowest BCUT2D eigenvalue weighted by Crippen LogP contribution is -2.31. The summed E-state index contributed by atoms with van der Waals surface area (Å²) >= 11 is 0. The van der Waals surface area contributed by atoms with Crippen molar-refractivity contribution in [3.05, 3.63) is 41.7 Å². The molecule has 0 bridgehead atoms. The van der Waals surface area contributed by atoms with E-state index in [-0.39, 0.29) is 6.03 Å². The first-order chi connectivity index (χ1) is 11.1. The van der Waals surface area contributed by atoms with Gasteiger partial charge in [-0.2, -0.15) is 0 Å². The highest BCUT2D eigenvalue weighted by Gasteiger charge is 2.18. The number of nitrogens with zero attached hydrogens (tertiary/aromatic N) is 3. The Labute approximate surface area is 136 Å². The molecule has 0 saturated carbocycles. The van der Waals surface area contributed by atoms with Gasteiger partial charge in [0.15, 0.2) is 5.82 Å². The van der Waals surface area contributed by atoms with Crippen molar-refractivity contribution in [2.24, 2.45) is 0 Å². The second-order valence-corrected chi connectivity index (χ2v) is 5.93. The molecule has 1 aromatic carbocycles.